The molecule has 1 aromatic rings. The standard InChI is InChI=1S/C9H11NO3/c1-5-3-4-7(12-5)8-6(2)13-9(11)10-8/h3-4,6,8H,1-2H3,(H,10,11)/t6-,8+/m1/s1. The maximum absolute atomic E-state index is 10.9. The number of alkyl carbamates (subject to hydrolysis) is 1. The molecule has 1 aromatic heterocycles. The zero-order valence-electron chi connectivity index (χ0n) is 7.53. The Morgan fingerprint density at radius 1 is 1.46 bits per heavy atom. The van der Waals surface area contributed by atoms with Gasteiger partial charge in [0, 0.05) is 0 Å². The van der Waals surface area contributed by atoms with Crippen molar-refractivity contribution in [3.63, 3.8) is 0 Å². The lowest BCUT2D eigenvalue weighted by Crippen LogP contribution is -2.20. The number of carbonyl (C=O) groups is 1. The van der Waals surface area contributed by atoms with Crippen LogP contribution in [0.1, 0.15) is 24.5 Å². The van der Waals surface area contributed by atoms with Crippen molar-refractivity contribution < 1.29 is 13.9 Å². The Kier molecular flexibility index (Phi) is 1.76. The minimum atomic E-state index is -0.383. The van der Waals surface area contributed by atoms with Crippen molar-refractivity contribution in [3.8, 4) is 0 Å². The van der Waals surface area contributed by atoms with Crippen molar-refractivity contribution in [2.24, 2.45) is 0 Å². The van der Waals surface area contributed by atoms with Gasteiger partial charge in [-0.15, -0.1) is 0 Å². The van der Waals surface area contributed by atoms with E-state index in [1.54, 1.807) is 0 Å². The number of furan rings is 1. The highest BCUT2D eigenvalue weighted by atomic mass is 16.6. The van der Waals surface area contributed by atoms with E-state index in [-0.39, 0.29) is 18.2 Å². The zero-order valence-corrected chi connectivity index (χ0v) is 7.53. The Morgan fingerprint density at radius 2 is 2.23 bits per heavy atom. The van der Waals surface area contributed by atoms with E-state index >= 15 is 0 Å². The summed E-state index contributed by atoms with van der Waals surface area (Å²) in [5, 5.41) is 2.68. The molecule has 1 amide bonds. The van der Waals surface area contributed by atoms with Gasteiger partial charge in [0.2, 0.25) is 0 Å². The molecule has 4 nitrogen and oxygen atoms in total. The van der Waals surface area contributed by atoms with Crippen molar-refractivity contribution in [3.05, 3.63) is 23.7 Å². The third kappa shape index (κ3) is 1.39. The van der Waals surface area contributed by atoms with Gasteiger partial charge in [-0.05, 0) is 26.0 Å². The van der Waals surface area contributed by atoms with Crippen LogP contribution in [0, 0.1) is 6.92 Å². The fourth-order valence-corrected chi connectivity index (χ4v) is 1.44. The molecule has 0 radical (unpaired) electrons. The summed E-state index contributed by atoms with van der Waals surface area (Å²) in [6.07, 6.45) is -0.551. The molecule has 4 heteroatoms. The van der Waals surface area contributed by atoms with Crippen molar-refractivity contribution in [2.75, 3.05) is 0 Å². The lowest BCUT2D eigenvalue weighted by atomic mass is 10.1. The quantitative estimate of drug-likeness (QED) is 0.718. The molecule has 0 saturated carbocycles. The molecular formula is C9H11NO3. The van der Waals surface area contributed by atoms with Crippen LogP contribution in [0.3, 0.4) is 0 Å². The van der Waals surface area contributed by atoms with Crippen LogP contribution in [0.4, 0.5) is 4.79 Å². The number of hydrogen-bond donors (Lipinski definition) is 1. The first-order valence-electron chi connectivity index (χ1n) is 4.20. The molecule has 2 heterocycles. The Balaban J connectivity index is 2.22. The summed E-state index contributed by atoms with van der Waals surface area (Å²) in [5.41, 5.74) is 0. The normalized spacial score (nSPS) is 27.1. The summed E-state index contributed by atoms with van der Waals surface area (Å²) in [6.45, 7) is 3.70. The predicted molar refractivity (Wildman–Crippen MR) is 45.3 cm³/mol. The van der Waals surface area contributed by atoms with Crippen LogP contribution in [0.25, 0.3) is 0 Å². The second kappa shape index (κ2) is 2.80. The van der Waals surface area contributed by atoms with Gasteiger partial charge < -0.3 is 14.5 Å². The highest BCUT2D eigenvalue weighted by molar-refractivity contribution is 5.70. The second-order valence-corrected chi connectivity index (χ2v) is 3.18. The van der Waals surface area contributed by atoms with Gasteiger partial charge in [0.1, 0.15) is 23.7 Å². The lowest BCUT2D eigenvalue weighted by Gasteiger charge is -2.08. The summed E-state index contributed by atoms with van der Waals surface area (Å²) in [7, 11) is 0. The molecule has 1 saturated heterocycles. The summed E-state index contributed by atoms with van der Waals surface area (Å²) >= 11 is 0. The van der Waals surface area contributed by atoms with E-state index in [1.165, 1.54) is 0 Å². The molecule has 1 N–H and O–H groups in total. The van der Waals surface area contributed by atoms with Gasteiger partial charge in [-0.1, -0.05) is 0 Å². The van der Waals surface area contributed by atoms with Gasteiger partial charge in [0.25, 0.3) is 0 Å². The molecule has 0 aromatic carbocycles. The average molecular weight is 181 g/mol. The first-order chi connectivity index (χ1) is 6.16. The van der Waals surface area contributed by atoms with Crippen LogP contribution in [0.2, 0.25) is 0 Å². The van der Waals surface area contributed by atoms with Crippen molar-refractivity contribution in [1.29, 1.82) is 0 Å². The summed E-state index contributed by atoms with van der Waals surface area (Å²) in [5.74, 6) is 1.58. The number of carbonyl (C=O) groups excluding carboxylic acids is 1. The maximum Gasteiger partial charge on any atom is 0.408 e. The highest BCUT2D eigenvalue weighted by Gasteiger charge is 2.33. The first-order valence-corrected chi connectivity index (χ1v) is 4.20. The van der Waals surface area contributed by atoms with Crippen LogP contribution in [0.15, 0.2) is 16.5 Å². The van der Waals surface area contributed by atoms with Crippen LogP contribution < -0.4 is 5.32 Å². The van der Waals surface area contributed by atoms with Crippen molar-refractivity contribution >= 4 is 6.09 Å². The number of rotatable bonds is 1. The molecule has 0 unspecified atom stereocenters. The third-order valence-electron chi connectivity index (χ3n) is 2.10. The number of cyclic esters (lactones) is 1. The van der Waals surface area contributed by atoms with E-state index in [0.717, 1.165) is 11.5 Å². The van der Waals surface area contributed by atoms with Crippen LogP contribution >= 0.6 is 0 Å². The minimum Gasteiger partial charge on any atom is -0.464 e. The lowest BCUT2D eigenvalue weighted by molar-refractivity contribution is 0.139. The van der Waals surface area contributed by atoms with Crippen LogP contribution in [-0.2, 0) is 4.74 Å². The van der Waals surface area contributed by atoms with Crippen LogP contribution in [0.5, 0.6) is 0 Å². The number of aryl methyl sites for hydroxylation is 1. The van der Waals surface area contributed by atoms with Gasteiger partial charge in [0.05, 0.1) is 0 Å². The molecule has 2 atom stereocenters. The zero-order chi connectivity index (χ0) is 9.42. The van der Waals surface area contributed by atoms with E-state index in [2.05, 4.69) is 5.32 Å². The molecule has 1 aliphatic heterocycles. The number of hydrogen-bond acceptors (Lipinski definition) is 3. The fourth-order valence-electron chi connectivity index (χ4n) is 1.44. The van der Waals surface area contributed by atoms with Gasteiger partial charge in [-0.25, -0.2) is 4.79 Å². The van der Waals surface area contributed by atoms with Gasteiger partial charge >= 0.3 is 6.09 Å². The van der Waals surface area contributed by atoms with Crippen LogP contribution in [-0.4, -0.2) is 12.2 Å². The average Bonchev–Trinajstić information content (AvgIpc) is 2.58. The van der Waals surface area contributed by atoms with E-state index < -0.39 is 0 Å². The van der Waals surface area contributed by atoms with Crippen molar-refractivity contribution in [2.45, 2.75) is 26.0 Å². The largest absolute Gasteiger partial charge is 0.464 e. The molecular weight excluding hydrogens is 170 g/mol. The topological polar surface area (TPSA) is 51.5 Å². The molecule has 13 heavy (non-hydrogen) atoms. The van der Waals surface area contributed by atoms with E-state index in [4.69, 9.17) is 9.15 Å². The third-order valence-corrected chi connectivity index (χ3v) is 2.10. The Hall–Kier alpha value is -1.45. The number of ether oxygens (including phenoxy) is 1. The SMILES string of the molecule is Cc1ccc([C@H]2NC(=O)O[C@@H]2C)o1. The van der Waals surface area contributed by atoms with E-state index in [0.29, 0.717) is 0 Å². The number of amides is 1. The molecule has 70 valence electrons. The molecule has 2 rings (SSSR count). The Labute approximate surface area is 75.9 Å². The first kappa shape index (κ1) is 8.16. The Bertz CT molecular complexity index is 331. The smallest absolute Gasteiger partial charge is 0.408 e. The Morgan fingerprint density at radius 3 is 2.69 bits per heavy atom. The van der Waals surface area contributed by atoms with Gasteiger partial charge in [-0.3, -0.25) is 0 Å². The summed E-state index contributed by atoms with van der Waals surface area (Å²) in [6, 6.07) is 3.57. The fraction of sp³-hybridized carbons (Fsp3) is 0.444. The predicted octanol–water partition coefficient (Wildman–Crippen LogP) is 1.76. The molecule has 1 aliphatic rings. The molecule has 1 fully saturated rings. The summed E-state index contributed by atoms with van der Waals surface area (Å²) < 4.78 is 10.3. The minimum absolute atomic E-state index is 0.152. The van der Waals surface area contributed by atoms with E-state index in [1.807, 2.05) is 26.0 Å². The van der Waals surface area contributed by atoms with Gasteiger partial charge in [-0.2, -0.15) is 0 Å². The maximum atomic E-state index is 10.9. The summed E-state index contributed by atoms with van der Waals surface area (Å²) in [4.78, 5) is 10.9. The van der Waals surface area contributed by atoms with E-state index in [9.17, 15) is 4.79 Å². The monoisotopic (exact) mass is 181 g/mol. The molecule has 0 aliphatic carbocycles. The number of nitrogens with one attached hydrogen (secondary N) is 1. The van der Waals surface area contributed by atoms with Gasteiger partial charge in [0.15, 0.2) is 0 Å². The molecule has 0 bridgehead atoms. The van der Waals surface area contributed by atoms with Crippen molar-refractivity contribution in [1.82, 2.24) is 5.32 Å². The molecule has 0 spiro atoms. The second-order valence-electron chi connectivity index (χ2n) is 3.18. The highest BCUT2D eigenvalue weighted by Crippen LogP contribution is 2.25.